The van der Waals surface area contributed by atoms with Gasteiger partial charge in [-0.05, 0) is 25.7 Å². The third kappa shape index (κ3) is 1.87. The maximum Gasteiger partial charge on any atom is 0.234 e. The van der Waals surface area contributed by atoms with Crippen molar-refractivity contribution in [3.05, 3.63) is 11.7 Å². The summed E-state index contributed by atoms with van der Waals surface area (Å²) >= 11 is 0. The fourth-order valence-electron chi connectivity index (χ4n) is 2.23. The highest BCUT2D eigenvalue weighted by Gasteiger charge is 2.49. The van der Waals surface area contributed by atoms with Crippen molar-refractivity contribution in [3.8, 4) is 0 Å². The normalized spacial score (nSPS) is 18.4. The van der Waals surface area contributed by atoms with E-state index in [9.17, 15) is 0 Å². The van der Waals surface area contributed by atoms with Crippen molar-refractivity contribution in [2.24, 2.45) is 5.73 Å². The molecule has 1 aromatic heterocycles. The Morgan fingerprint density at radius 1 is 1.41 bits per heavy atom. The van der Waals surface area contributed by atoms with Gasteiger partial charge < -0.3 is 15.0 Å². The van der Waals surface area contributed by atoms with Crippen molar-refractivity contribution in [3.63, 3.8) is 0 Å². The molecule has 1 saturated carbocycles. The van der Waals surface area contributed by atoms with Gasteiger partial charge in [-0.1, -0.05) is 19.0 Å². The number of ether oxygens (including phenoxy) is 1. The lowest BCUT2D eigenvalue weighted by atomic mass is 9.96. The van der Waals surface area contributed by atoms with E-state index in [1.165, 1.54) is 0 Å². The van der Waals surface area contributed by atoms with E-state index < -0.39 is 5.60 Å². The molecule has 17 heavy (non-hydrogen) atoms. The third-order valence-electron chi connectivity index (χ3n) is 4.06. The van der Waals surface area contributed by atoms with Gasteiger partial charge in [0.05, 0.1) is 5.41 Å². The summed E-state index contributed by atoms with van der Waals surface area (Å²) in [5.74, 6) is 1.33. The molecule has 1 aromatic rings. The summed E-state index contributed by atoms with van der Waals surface area (Å²) in [6.45, 7) is 4.71. The summed E-state index contributed by atoms with van der Waals surface area (Å²) in [5, 5.41) is 4.09. The van der Waals surface area contributed by atoms with Gasteiger partial charge in [0.2, 0.25) is 11.7 Å². The topological polar surface area (TPSA) is 74.2 Å². The van der Waals surface area contributed by atoms with Crippen LogP contribution < -0.4 is 5.73 Å². The van der Waals surface area contributed by atoms with E-state index in [0.29, 0.717) is 18.3 Å². The van der Waals surface area contributed by atoms with Crippen LogP contribution in [0.3, 0.4) is 0 Å². The van der Waals surface area contributed by atoms with E-state index in [1.54, 1.807) is 7.11 Å². The van der Waals surface area contributed by atoms with Gasteiger partial charge in [-0.15, -0.1) is 0 Å². The first kappa shape index (κ1) is 12.5. The van der Waals surface area contributed by atoms with Gasteiger partial charge in [0, 0.05) is 13.7 Å². The first-order valence-electron chi connectivity index (χ1n) is 6.26. The Morgan fingerprint density at radius 2 is 2.06 bits per heavy atom. The first-order chi connectivity index (χ1) is 8.16. The van der Waals surface area contributed by atoms with E-state index in [2.05, 4.69) is 24.0 Å². The summed E-state index contributed by atoms with van der Waals surface area (Å²) in [6.07, 6.45) is 3.75. The summed E-state index contributed by atoms with van der Waals surface area (Å²) in [6, 6.07) is 0. The minimum absolute atomic E-state index is 0.0494. The molecular weight excluding hydrogens is 218 g/mol. The number of methoxy groups -OCH3 is 1. The minimum atomic E-state index is -0.424. The molecule has 0 aliphatic heterocycles. The van der Waals surface area contributed by atoms with Crippen LogP contribution in [0.4, 0.5) is 0 Å². The molecule has 0 spiro atoms. The van der Waals surface area contributed by atoms with Gasteiger partial charge in [-0.25, -0.2) is 0 Å². The van der Waals surface area contributed by atoms with Gasteiger partial charge in [0.25, 0.3) is 0 Å². The molecule has 0 bridgehead atoms. The molecule has 1 heterocycles. The molecule has 0 unspecified atom stereocenters. The Kier molecular flexibility index (Phi) is 3.23. The lowest BCUT2D eigenvalue weighted by Gasteiger charge is -2.25. The zero-order valence-electron chi connectivity index (χ0n) is 10.8. The van der Waals surface area contributed by atoms with E-state index in [-0.39, 0.29) is 5.41 Å². The van der Waals surface area contributed by atoms with Crippen molar-refractivity contribution in [1.82, 2.24) is 10.1 Å². The minimum Gasteiger partial charge on any atom is -0.370 e. The van der Waals surface area contributed by atoms with Gasteiger partial charge in [-0.2, -0.15) is 4.98 Å². The quantitative estimate of drug-likeness (QED) is 0.818. The van der Waals surface area contributed by atoms with E-state index in [0.717, 1.165) is 25.7 Å². The van der Waals surface area contributed by atoms with Gasteiger partial charge in [0.15, 0.2) is 0 Å². The molecule has 5 nitrogen and oxygen atoms in total. The Balaban J connectivity index is 2.28. The lowest BCUT2D eigenvalue weighted by molar-refractivity contribution is -0.0306. The Hall–Kier alpha value is -0.940. The van der Waals surface area contributed by atoms with Crippen LogP contribution in [0.1, 0.15) is 51.2 Å². The van der Waals surface area contributed by atoms with Crippen LogP contribution in [0.15, 0.2) is 4.52 Å². The third-order valence-corrected chi connectivity index (χ3v) is 4.06. The van der Waals surface area contributed by atoms with Crippen molar-refractivity contribution >= 4 is 0 Å². The number of rotatable bonds is 6. The second-order valence-corrected chi connectivity index (χ2v) is 4.81. The van der Waals surface area contributed by atoms with E-state index in [1.807, 2.05) is 0 Å². The highest BCUT2D eigenvalue weighted by Crippen LogP contribution is 2.47. The average molecular weight is 239 g/mol. The summed E-state index contributed by atoms with van der Waals surface area (Å²) in [5.41, 5.74) is 5.28. The molecule has 0 saturated heterocycles. The Labute approximate surface area is 102 Å². The monoisotopic (exact) mass is 239 g/mol. The number of aromatic nitrogens is 2. The van der Waals surface area contributed by atoms with Crippen LogP contribution in [-0.2, 0) is 15.8 Å². The van der Waals surface area contributed by atoms with E-state index >= 15 is 0 Å². The second kappa shape index (κ2) is 4.38. The standard InChI is InChI=1S/C12H21N3O2/c1-4-12(5-2,16-3)9-14-10(17-15-9)11(8-13)6-7-11/h4-8,13H2,1-3H3. The molecule has 1 aliphatic carbocycles. The Morgan fingerprint density at radius 3 is 2.47 bits per heavy atom. The van der Waals surface area contributed by atoms with Crippen molar-refractivity contribution in [2.45, 2.75) is 50.5 Å². The molecular formula is C12H21N3O2. The van der Waals surface area contributed by atoms with Crippen molar-refractivity contribution in [2.75, 3.05) is 13.7 Å². The molecule has 2 rings (SSSR count). The van der Waals surface area contributed by atoms with Crippen molar-refractivity contribution < 1.29 is 9.26 Å². The highest BCUT2D eigenvalue weighted by molar-refractivity contribution is 5.17. The second-order valence-electron chi connectivity index (χ2n) is 4.81. The summed E-state index contributed by atoms with van der Waals surface area (Å²) < 4.78 is 11.0. The fraction of sp³-hybridized carbons (Fsp3) is 0.833. The van der Waals surface area contributed by atoms with Gasteiger partial charge in [-0.3, -0.25) is 0 Å². The van der Waals surface area contributed by atoms with Crippen LogP contribution in [0, 0.1) is 0 Å². The van der Waals surface area contributed by atoms with Gasteiger partial charge >= 0.3 is 0 Å². The number of hydrogen-bond donors (Lipinski definition) is 1. The highest BCUT2D eigenvalue weighted by atomic mass is 16.5. The lowest BCUT2D eigenvalue weighted by Crippen LogP contribution is -2.28. The van der Waals surface area contributed by atoms with E-state index in [4.69, 9.17) is 15.0 Å². The molecule has 0 amide bonds. The average Bonchev–Trinajstić information content (AvgIpc) is 3.03. The zero-order valence-corrected chi connectivity index (χ0v) is 10.8. The number of nitrogens with zero attached hydrogens (tertiary/aromatic N) is 2. The van der Waals surface area contributed by atoms with Crippen LogP contribution >= 0.6 is 0 Å². The summed E-state index contributed by atoms with van der Waals surface area (Å²) in [7, 11) is 1.69. The predicted octanol–water partition coefficient (Wildman–Crippen LogP) is 1.72. The molecule has 5 heteroatoms. The Bertz CT molecular complexity index is 373. The van der Waals surface area contributed by atoms with Crippen LogP contribution in [0.25, 0.3) is 0 Å². The maximum absolute atomic E-state index is 5.76. The van der Waals surface area contributed by atoms with Crippen LogP contribution in [0.2, 0.25) is 0 Å². The number of nitrogens with two attached hydrogens (primary N) is 1. The first-order valence-corrected chi connectivity index (χ1v) is 6.26. The maximum atomic E-state index is 5.76. The molecule has 1 fully saturated rings. The van der Waals surface area contributed by atoms with Gasteiger partial charge in [0.1, 0.15) is 5.60 Å². The molecule has 2 N–H and O–H groups in total. The SMILES string of the molecule is CCC(CC)(OC)c1noc(C2(CN)CC2)n1. The molecule has 1 aliphatic rings. The number of hydrogen-bond acceptors (Lipinski definition) is 5. The van der Waals surface area contributed by atoms with Crippen LogP contribution in [0.5, 0.6) is 0 Å². The molecule has 0 atom stereocenters. The zero-order chi connectivity index (χ0) is 12.5. The largest absolute Gasteiger partial charge is 0.370 e. The smallest absolute Gasteiger partial charge is 0.234 e. The fourth-order valence-corrected chi connectivity index (χ4v) is 2.23. The predicted molar refractivity (Wildman–Crippen MR) is 63.5 cm³/mol. The van der Waals surface area contributed by atoms with Crippen molar-refractivity contribution in [1.29, 1.82) is 0 Å². The summed E-state index contributed by atoms with van der Waals surface area (Å²) in [4.78, 5) is 4.52. The van der Waals surface area contributed by atoms with Crippen LogP contribution in [-0.4, -0.2) is 23.8 Å². The molecule has 0 aromatic carbocycles. The molecule has 0 radical (unpaired) electrons. The molecule has 96 valence electrons.